The predicted molar refractivity (Wildman–Crippen MR) is 83.2 cm³/mol. The largest absolute Gasteiger partial charge is 0.401 e. The number of guanidine groups is 1. The third-order valence-electron chi connectivity index (χ3n) is 2.83. The molecule has 0 saturated heterocycles. The summed E-state index contributed by atoms with van der Waals surface area (Å²) in [5.41, 5.74) is 1.03. The first-order chi connectivity index (χ1) is 10.3. The molecule has 1 aromatic rings. The Morgan fingerprint density at radius 2 is 1.86 bits per heavy atom. The molecule has 0 fully saturated rings. The molecule has 1 aromatic carbocycles. The quantitative estimate of drug-likeness (QED) is 0.619. The van der Waals surface area contributed by atoms with Gasteiger partial charge < -0.3 is 10.6 Å². The van der Waals surface area contributed by atoms with E-state index in [0.717, 1.165) is 5.56 Å². The summed E-state index contributed by atoms with van der Waals surface area (Å²) < 4.78 is 36.6. The van der Waals surface area contributed by atoms with Crippen LogP contribution in [0.1, 0.15) is 5.56 Å². The van der Waals surface area contributed by atoms with E-state index >= 15 is 0 Å². The second kappa shape index (κ2) is 8.85. The van der Waals surface area contributed by atoms with Crippen LogP contribution in [0.25, 0.3) is 0 Å². The highest BCUT2D eigenvalue weighted by Gasteiger charge is 2.28. The molecule has 2 N–H and O–H groups in total. The maximum Gasteiger partial charge on any atom is 0.401 e. The van der Waals surface area contributed by atoms with Crippen molar-refractivity contribution in [3.05, 3.63) is 34.9 Å². The average molecular weight is 337 g/mol. The van der Waals surface area contributed by atoms with E-state index in [-0.39, 0.29) is 6.54 Å². The summed E-state index contributed by atoms with van der Waals surface area (Å²) in [6.45, 7) is 0.259. The van der Waals surface area contributed by atoms with Crippen molar-refractivity contribution in [1.82, 2.24) is 15.5 Å². The Balaban J connectivity index is 2.29. The zero-order valence-corrected chi connectivity index (χ0v) is 13.3. The van der Waals surface area contributed by atoms with Crippen molar-refractivity contribution < 1.29 is 13.2 Å². The van der Waals surface area contributed by atoms with Gasteiger partial charge in [0.05, 0.1) is 6.54 Å². The Kier molecular flexibility index (Phi) is 7.47. The lowest BCUT2D eigenvalue weighted by Gasteiger charge is -2.19. The number of rotatable bonds is 6. The van der Waals surface area contributed by atoms with E-state index in [1.165, 1.54) is 11.9 Å². The fourth-order valence-corrected chi connectivity index (χ4v) is 1.88. The van der Waals surface area contributed by atoms with Gasteiger partial charge in [-0.2, -0.15) is 13.2 Å². The summed E-state index contributed by atoms with van der Waals surface area (Å²) in [7, 11) is 3.04. The van der Waals surface area contributed by atoms with Crippen molar-refractivity contribution in [2.45, 2.75) is 12.7 Å². The van der Waals surface area contributed by atoms with Crippen LogP contribution in [-0.4, -0.2) is 50.8 Å². The van der Waals surface area contributed by atoms with Crippen LogP contribution in [-0.2, 0) is 6.54 Å². The molecule has 0 bridgehead atoms. The number of halogens is 4. The fraction of sp³-hybridized carbons (Fsp3) is 0.500. The van der Waals surface area contributed by atoms with Crippen LogP contribution in [0.3, 0.4) is 0 Å². The first-order valence-corrected chi connectivity index (χ1v) is 7.12. The molecule has 0 amide bonds. The first kappa shape index (κ1) is 18.6. The second-order valence-electron chi connectivity index (χ2n) is 4.83. The van der Waals surface area contributed by atoms with Crippen molar-refractivity contribution in [1.29, 1.82) is 0 Å². The average Bonchev–Trinajstić information content (AvgIpc) is 2.42. The molecule has 4 nitrogen and oxygen atoms in total. The second-order valence-corrected chi connectivity index (χ2v) is 5.27. The molecule has 0 aromatic heterocycles. The minimum atomic E-state index is -4.18. The normalized spacial score (nSPS) is 12.6. The van der Waals surface area contributed by atoms with Gasteiger partial charge in [0.1, 0.15) is 0 Å². The van der Waals surface area contributed by atoms with E-state index in [9.17, 15) is 13.2 Å². The molecule has 0 radical (unpaired) electrons. The smallest absolute Gasteiger partial charge is 0.355 e. The molecule has 0 aliphatic heterocycles. The zero-order valence-electron chi connectivity index (χ0n) is 12.5. The fourth-order valence-electron chi connectivity index (χ4n) is 1.76. The maximum atomic E-state index is 12.2. The van der Waals surface area contributed by atoms with E-state index in [1.807, 2.05) is 12.1 Å². The van der Waals surface area contributed by atoms with Gasteiger partial charge in [-0.1, -0.05) is 23.7 Å². The number of nitrogens with one attached hydrogen (secondary N) is 2. The van der Waals surface area contributed by atoms with Crippen LogP contribution in [0.2, 0.25) is 5.02 Å². The Labute approximate surface area is 133 Å². The van der Waals surface area contributed by atoms with E-state index in [0.29, 0.717) is 24.1 Å². The van der Waals surface area contributed by atoms with Gasteiger partial charge in [-0.15, -0.1) is 0 Å². The molecular formula is C14H20ClF3N4. The van der Waals surface area contributed by atoms with Crippen molar-refractivity contribution >= 4 is 17.6 Å². The van der Waals surface area contributed by atoms with Crippen LogP contribution in [0.15, 0.2) is 29.3 Å². The minimum Gasteiger partial charge on any atom is -0.355 e. The van der Waals surface area contributed by atoms with Crippen molar-refractivity contribution in [2.24, 2.45) is 4.99 Å². The number of likely N-dealkylation sites (N-methyl/N-ethyl adjacent to an activating group) is 1. The number of aliphatic imine (C=N–C) groups is 1. The lowest BCUT2D eigenvalue weighted by atomic mass is 10.2. The van der Waals surface area contributed by atoms with E-state index in [2.05, 4.69) is 15.6 Å². The van der Waals surface area contributed by atoms with Gasteiger partial charge >= 0.3 is 6.18 Å². The minimum absolute atomic E-state index is 0.265. The molecule has 0 heterocycles. The Morgan fingerprint density at radius 3 is 2.41 bits per heavy atom. The Hall–Kier alpha value is -1.47. The van der Waals surface area contributed by atoms with E-state index < -0.39 is 12.7 Å². The third-order valence-corrected chi connectivity index (χ3v) is 3.08. The number of nitrogens with zero attached hydrogens (tertiary/aromatic N) is 2. The Bertz CT molecular complexity index is 474. The summed E-state index contributed by atoms with van der Waals surface area (Å²) >= 11 is 5.80. The Morgan fingerprint density at radius 1 is 1.23 bits per heavy atom. The van der Waals surface area contributed by atoms with Gasteiger partial charge in [0, 0.05) is 31.7 Å². The van der Waals surface area contributed by atoms with Crippen molar-refractivity contribution in [2.75, 3.05) is 33.7 Å². The van der Waals surface area contributed by atoms with Crippen LogP contribution in [0, 0.1) is 0 Å². The molecule has 22 heavy (non-hydrogen) atoms. The molecule has 1 rings (SSSR count). The highest BCUT2D eigenvalue weighted by molar-refractivity contribution is 6.30. The molecule has 0 atom stereocenters. The molecule has 0 aliphatic carbocycles. The predicted octanol–water partition coefficient (Wildman–Crippen LogP) is 2.50. The molecule has 0 aliphatic rings. The molecule has 124 valence electrons. The lowest BCUT2D eigenvalue weighted by molar-refractivity contribution is -0.142. The number of benzene rings is 1. The SMILES string of the molecule is CN=C(NCCN(C)CC(F)(F)F)NCc1ccc(Cl)cc1. The standard InChI is InChI=1S/C14H20ClF3N4/c1-19-13(20-7-8-22(2)10-14(16,17)18)21-9-11-3-5-12(15)6-4-11/h3-6H,7-10H2,1-2H3,(H2,19,20,21). The van der Waals surface area contributed by atoms with Gasteiger partial charge in [0.15, 0.2) is 5.96 Å². The summed E-state index contributed by atoms with van der Waals surface area (Å²) in [5, 5.41) is 6.72. The summed E-state index contributed by atoms with van der Waals surface area (Å²) in [6, 6.07) is 7.36. The van der Waals surface area contributed by atoms with Gasteiger partial charge in [-0.3, -0.25) is 9.89 Å². The van der Waals surface area contributed by atoms with Gasteiger partial charge in [0.2, 0.25) is 0 Å². The maximum absolute atomic E-state index is 12.2. The number of alkyl halides is 3. The summed E-state index contributed by atoms with van der Waals surface area (Å²) in [4.78, 5) is 5.23. The van der Waals surface area contributed by atoms with Crippen molar-refractivity contribution in [3.63, 3.8) is 0 Å². The third kappa shape index (κ3) is 8.09. The lowest BCUT2D eigenvalue weighted by Crippen LogP contribution is -2.42. The molecular weight excluding hydrogens is 317 g/mol. The van der Waals surface area contributed by atoms with Crippen LogP contribution in [0.4, 0.5) is 13.2 Å². The number of hydrogen-bond donors (Lipinski definition) is 2. The van der Waals surface area contributed by atoms with Gasteiger partial charge in [-0.05, 0) is 24.7 Å². The van der Waals surface area contributed by atoms with E-state index in [4.69, 9.17) is 11.6 Å². The monoisotopic (exact) mass is 336 g/mol. The zero-order chi connectivity index (χ0) is 16.6. The highest BCUT2D eigenvalue weighted by Crippen LogP contribution is 2.15. The van der Waals surface area contributed by atoms with Gasteiger partial charge in [0.25, 0.3) is 0 Å². The van der Waals surface area contributed by atoms with Crippen molar-refractivity contribution in [3.8, 4) is 0 Å². The highest BCUT2D eigenvalue weighted by atomic mass is 35.5. The van der Waals surface area contributed by atoms with E-state index in [1.54, 1.807) is 19.2 Å². The molecule has 0 spiro atoms. The van der Waals surface area contributed by atoms with Crippen LogP contribution in [0.5, 0.6) is 0 Å². The number of hydrogen-bond acceptors (Lipinski definition) is 2. The summed E-state index contributed by atoms with van der Waals surface area (Å²) in [6.07, 6.45) is -4.18. The van der Waals surface area contributed by atoms with Gasteiger partial charge in [-0.25, -0.2) is 0 Å². The topological polar surface area (TPSA) is 39.7 Å². The van der Waals surface area contributed by atoms with Crippen LogP contribution < -0.4 is 10.6 Å². The summed E-state index contributed by atoms with van der Waals surface area (Å²) in [5.74, 6) is 0.537. The molecule has 0 saturated carbocycles. The molecule has 0 unspecified atom stereocenters. The van der Waals surface area contributed by atoms with Crippen LogP contribution >= 0.6 is 11.6 Å². The first-order valence-electron chi connectivity index (χ1n) is 6.74. The molecule has 8 heteroatoms.